The Bertz CT molecular complexity index is 421. The third-order valence-electron chi connectivity index (χ3n) is 7.23. The van der Waals surface area contributed by atoms with E-state index in [0.717, 1.165) is 26.1 Å². The highest BCUT2D eigenvalue weighted by atomic mass is 16.8. The Hall–Kier alpha value is -0.120. The Morgan fingerprint density at radius 1 is 0.378 bits per heavy atom. The summed E-state index contributed by atoms with van der Waals surface area (Å²) in [7, 11) is 0. The zero-order valence-corrected chi connectivity index (χ0v) is 26.9. The van der Waals surface area contributed by atoms with Crippen molar-refractivity contribution in [2.45, 2.75) is 196 Å². The normalized spacial score (nSPS) is 14.3. The van der Waals surface area contributed by atoms with E-state index in [0.29, 0.717) is 10.8 Å². The smallest absolute Gasteiger partial charge is 0.157 e. The zero-order chi connectivity index (χ0) is 27.8. The molecular weight excluding hydrogens is 456 g/mol. The molecule has 0 aromatic heterocycles. The highest BCUT2D eigenvalue weighted by Crippen LogP contribution is 2.23. The molecule has 0 bridgehead atoms. The first-order valence-corrected chi connectivity index (χ1v) is 16.4. The number of hydrogen-bond acceptors (Lipinski definition) is 3. The van der Waals surface area contributed by atoms with Gasteiger partial charge in [0.25, 0.3) is 0 Å². The number of hydrogen-bond donors (Lipinski definition) is 0. The molecule has 0 rings (SSSR count). The molecule has 37 heavy (non-hydrogen) atoms. The first-order chi connectivity index (χ1) is 17.5. The molecule has 0 aliphatic heterocycles. The van der Waals surface area contributed by atoms with Crippen LogP contribution in [0, 0.1) is 10.8 Å². The summed E-state index contributed by atoms with van der Waals surface area (Å²) < 4.78 is 17.5. The first-order valence-electron chi connectivity index (χ1n) is 16.4. The largest absolute Gasteiger partial charge is 0.353 e. The fraction of sp³-hybridized carbons (Fsp3) is 1.00. The summed E-state index contributed by atoms with van der Waals surface area (Å²) in [6.07, 6.45) is 26.5. The van der Waals surface area contributed by atoms with Gasteiger partial charge in [-0.3, -0.25) is 0 Å². The van der Waals surface area contributed by atoms with Crippen LogP contribution in [-0.4, -0.2) is 25.8 Å². The van der Waals surface area contributed by atoms with Gasteiger partial charge < -0.3 is 14.2 Å². The molecule has 0 N–H and O–H groups in total. The van der Waals surface area contributed by atoms with Crippen molar-refractivity contribution in [3.63, 3.8) is 0 Å². The predicted molar refractivity (Wildman–Crippen MR) is 163 cm³/mol. The van der Waals surface area contributed by atoms with Crippen molar-refractivity contribution >= 4 is 0 Å². The maximum Gasteiger partial charge on any atom is 0.157 e. The van der Waals surface area contributed by atoms with E-state index in [2.05, 4.69) is 41.5 Å². The topological polar surface area (TPSA) is 27.7 Å². The van der Waals surface area contributed by atoms with Gasteiger partial charge in [-0.25, -0.2) is 0 Å². The molecule has 2 unspecified atom stereocenters. The Morgan fingerprint density at radius 3 is 0.892 bits per heavy atom. The fourth-order valence-electron chi connectivity index (χ4n) is 4.84. The Labute approximate surface area is 234 Å². The van der Waals surface area contributed by atoms with Crippen molar-refractivity contribution in [1.82, 2.24) is 0 Å². The molecular formula is C34H70O3. The van der Waals surface area contributed by atoms with Gasteiger partial charge in [0.2, 0.25) is 0 Å². The van der Waals surface area contributed by atoms with E-state index in [4.69, 9.17) is 14.2 Å². The number of unbranched alkanes of at least 4 members (excludes halogenated alkanes) is 16. The van der Waals surface area contributed by atoms with Crippen LogP contribution >= 0.6 is 0 Å². The van der Waals surface area contributed by atoms with Gasteiger partial charge in [0.15, 0.2) is 12.6 Å². The molecule has 0 amide bonds. The molecule has 3 nitrogen and oxygen atoms in total. The molecule has 0 saturated carbocycles. The van der Waals surface area contributed by atoms with Crippen LogP contribution in [0.25, 0.3) is 0 Å². The second-order valence-electron chi connectivity index (χ2n) is 14.0. The lowest BCUT2D eigenvalue weighted by Gasteiger charge is -2.20. The second-order valence-corrected chi connectivity index (χ2v) is 14.0. The summed E-state index contributed by atoms with van der Waals surface area (Å²) in [5.41, 5.74) is 1.00. The van der Waals surface area contributed by atoms with E-state index in [1.54, 1.807) is 0 Å². The van der Waals surface area contributed by atoms with Crippen molar-refractivity contribution < 1.29 is 14.2 Å². The average Bonchev–Trinajstić information content (AvgIpc) is 2.79. The van der Waals surface area contributed by atoms with Crippen LogP contribution in [0.2, 0.25) is 0 Å². The minimum atomic E-state index is -0.188. The van der Waals surface area contributed by atoms with Crippen LogP contribution in [-0.2, 0) is 14.2 Å². The van der Waals surface area contributed by atoms with Crippen LogP contribution in [0.5, 0.6) is 0 Å². The lowest BCUT2D eigenvalue weighted by atomic mass is 9.89. The van der Waals surface area contributed by atoms with Crippen molar-refractivity contribution in [2.24, 2.45) is 10.8 Å². The monoisotopic (exact) mass is 527 g/mol. The van der Waals surface area contributed by atoms with E-state index in [1.165, 1.54) is 116 Å². The maximum absolute atomic E-state index is 5.83. The van der Waals surface area contributed by atoms with Crippen LogP contribution in [0.3, 0.4) is 0 Å². The molecule has 0 aliphatic rings. The van der Waals surface area contributed by atoms with E-state index in [1.807, 2.05) is 13.8 Å². The van der Waals surface area contributed by atoms with Gasteiger partial charge in [-0.05, 0) is 50.4 Å². The third kappa shape index (κ3) is 32.0. The molecule has 3 heteroatoms. The van der Waals surface area contributed by atoms with Gasteiger partial charge in [-0.15, -0.1) is 0 Å². The molecule has 0 aromatic carbocycles. The van der Waals surface area contributed by atoms with Crippen molar-refractivity contribution in [3.05, 3.63) is 0 Å². The lowest BCUT2D eigenvalue weighted by Crippen LogP contribution is -2.23. The van der Waals surface area contributed by atoms with Gasteiger partial charge >= 0.3 is 0 Å². The van der Waals surface area contributed by atoms with E-state index in [9.17, 15) is 0 Å². The third-order valence-corrected chi connectivity index (χ3v) is 7.23. The highest BCUT2D eigenvalue weighted by molar-refractivity contribution is 4.62. The molecule has 2 atom stereocenters. The van der Waals surface area contributed by atoms with Crippen molar-refractivity contribution in [2.75, 3.05) is 13.2 Å². The summed E-state index contributed by atoms with van der Waals surface area (Å²) in [5.74, 6) is 0. The molecule has 0 aliphatic carbocycles. The number of rotatable bonds is 26. The molecule has 224 valence electrons. The quantitative estimate of drug-likeness (QED) is 0.0828. The Balaban J connectivity index is 3.34. The summed E-state index contributed by atoms with van der Waals surface area (Å²) in [5, 5.41) is 0. The standard InChI is InChI=1S/C34H70O3/c1-31(35-29-25-21-17-13-9-11-15-19-23-27-33(3,4)5)37-32(2)36-30-26-22-18-14-10-12-16-20-24-28-34(6,7)8/h31-32H,9-30H2,1-8H3. The minimum Gasteiger partial charge on any atom is -0.353 e. The maximum atomic E-state index is 5.83. The van der Waals surface area contributed by atoms with Crippen molar-refractivity contribution in [1.29, 1.82) is 0 Å². The predicted octanol–water partition coefficient (Wildman–Crippen LogP) is 11.6. The minimum absolute atomic E-state index is 0.188. The van der Waals surface area contributed by atoms with Gasteiger partial charge in [-0.2, -0.15) is 0 Å². The highest BCUT2D eigenvalue weighted by Gasteiger charge is 2.10. The van der Waals surface area contributed by atoms with Crippen LogP contribution in [0.4, 0.5) is 0 Å². The fourth-order valence-corrected chi connectivity index (χ4v) is 4.84. The van der Waals surface area contributed by atoms with Crippen LogP contribution < -0.4 is 0 Å². The molecule has 0 aromatic rings. The summed E-state index contributed by atoms with van der Waals surface area (Å²) in [6, 6.07) is 0. The van der Waals surface area contributed by atoms with E-state index in [-0.39, 0.29) is 12.6 Å². The SMILES string of the molecule is CC(OCCCCCCCCCCCC(C)(C)C)OC(C)OCCCCCCCCCCCC(C)(C)C. The van der Waals surface area contributed by atoms with Gasteiger partial charge in [-0.1, -0.05) is 144 Å². The van der Waals surface area contributed by atoms with Crippen molar-refractivity contribution in [3.8, 4) is 0 Å². The summed E-state index contributed by atoms with van der Waals surface area (Å²) in [4.78, 5) is 0. The van der Waals surface area contributed by atoms with Gasteiger partial charge in [0, 0.05) is 13.2 Å². The summed E-state index contributed by atoms with van der Waals surface area (Å²) >= 11 is 0. The summed E-state index contributed by atoms with van der Waals surface area (Å²) in [6.45, 7) is 19.6. The Kier molecular flexibility index (Phi) is 23.7. The van der Waals surface area contributed by atoms with Crippen LogP contribution in [0.15, 0.2) is 0 Å². The molecule has 0 saturated heterocycles. The number of ether oxygens (including phenoxy) is 3. The zero-order valence-electron chi connectivity index (χ0n) is 26.9. The molecule has 0 fully saturated rings. The molecule has 0 heterocycles. The first kappa shape index (κ1) is 36.9. The molecule has 0 spiro atoms. The van der Waals surface area contributed by atoms with Crippen LogP contribution in [0.1, 0.15) is 184 Å². The van der Waals surface area contributed by atoms with Gasteiger partial charge in [0.1, 0.15) is 0 Å². The van der Waals surface area contributed by atoms with Gasteiger partial charge in [0.05, 0.1) is 0 Å². The molecule has 0 radical (unpaired) electrons. The lowest BCUT2D eigenvalue weighted by molar-refractivity contribution is -0.231. The second kappa shape index (κ2) is 23.7. The van der Waals surface area contributed by atoms with E-state index < -0.39 is 0 Å². The average molecular weight is 527 g/mol. The van der Waals surface area contributed by atoms with E-state index >= 15 is 0 Å². The Morgan fingerprint density at radius 2 is 0.622 bits per heavy atom.